The van der Waals surface area contributed by atoms with Gasteiger partial charge in [-0.3, -0.25) is 0 Å². The van der Waals surface area contributed by atoms with E-state index < -0.39 is 18.7 Å². The number of alkyl halides is 3. The summed E-state index contributed by atoms with van der Waals surface area (Å²) < 4.78 is 45.4. The highest BCUT2D eigenvalue weighted by Crippen LogP contribution is 2.25. The molecule has 6 heteroatoms. The number of halogens is 3. The summed E-state index contributed by atoms with van der Waals surface area (Å²) in [5.74, 6) is -2.05. The number of nitriles is 1. The lowest BCUT2D eigenvalue weighted by atomic mass is 10.2. The molecular formula is C8H12F3NO2. The Kier molecular flexibility index (Phi) is 6.25. The molecule has 0 aromatic carbocycles. The number of rotatable bonds is 6. The summed E-state index contributed by atoms with van der Waals surface area (Å²) in [5.41, 5.74) is 0. The first-order valence-corrected chi connectivity index (χ1v) is 4.14. The van der Waals surface area contributed by atoms with Crippen molar-refractivity contribution in [2.75, 3.05) is 26.4 Å². The van der Waals surface area contributed by atoms with Crippen LogP contribution in [0.15, 0.2) is 0 Å². The second kappa shape index (κ2) is 6.62. The van der Waals surface area contributed by atoms with E-state index in [0.29, 0.717) is 6.61 Å². The Hall–Kier alpha value is -0.800. The van der Waals surface area contributed by atoms with Crippen LogP contribution in [0.2, 0.25) is 0 Å². The van der Waals surface area contributed by atoms with Crippen molar-refractivity contribution in [3.63, 3.8) is 0 Å². The minimum atomic E-state index is -4.51. The van der Waals surface area contributed by atoms with Crippen LogP contribution in [0.25, 0.3) is 0 Å². The van der Waals surface area contributed by atoms with Crippen molar-refractivity contribution in [3.05, 3.63) is 0 Å². The summed E-state index contributed by atoms with van der Waals surface area (Å²) in [7, 11) is 0. The minimum Gasteiger partial charge on any atom is -0.379 e. The molecule has 0 saturated carbocycles. The third-order valence-corrected chi connectivity index (χ3v) is 1.41. The summed E-state index contributed by atoms with van der Waals surface area (Å²) in [6.07, 6.45) is -4.51. The van der Waals surface area contributed by atoms with Crippen LogP contribution < -0.4 is 0 Å². The first kappa shape index (κ1) is 13.2. The van der Waals surface area contributed by atoms with Crippen LogP contribution in [-0.4, -0.2) is 32.6 Å². The molecule has 0 bridgehead atoms. The van der Waals surface area contributed by atoms with Crippen LogP contribution in [0.1, 0.15) is 6.92 Å². The molecule has 0 aliphatic rings. The Morgan fingerprint density at radius 3 is 2.29 bits per heavy atom. The fraction of sp³-hybridized carbons (Fsp3) is 0.875. The van der Waals surface area contributed by atoms with Gasteiger partial charge in [0.2, 0.25) is 0 Å². The van der Waals surface area contributed by atoms with Gasteiger partial charge in [0.1, 0.15) is 0 Å². The Balaban J connectivity index is 3.61. The molecule has 0 radical (unpaired) electrons. The molecule has 14 heavy (non-hydrogen) atoms. The molecule has 0 N–H and O–H groups in total. The molecule has 0 aliphatic carbocycles. The lowest BCUT2D eigenvalue weighted by Gasteiger charge is -2.13. The average molecular weight is 211 g/mol. The van der Waals surface area contributed by atoms with E-state index in [1.807, 2.05) is 0 Å². The summed E-state index contributed by atoms with van der Waals surface area (Å²) in [6, 6.07) is 1.14. The lowest BCUT2D eigenvalue weighted by molar-refractivity contribution is -0.172. The molecule has 0 aromatic rings. The van der Waals surface area contributed by atoms with Gasteiger partial charge in [-0.2, -0.15) is 18.4 Å². The van der Waals surface area contributed by atoms with Crippen molar-refractivity contribution < 1.29 is 22.6 Å². The number of ether oxygens (including phenoxy) is 2. The minimum absolute atomic E-state index is 0.0715. The Morgan fingerprint density at radius 1 is 1.29 bits per heavy atom. The van der Waals surface area contributed by atoms with Crippen molar-refractivity contribution in [2.24, 2.45) is 5.92 Å². The number of hydrogen-bond acceptors (Lipinski definition) is 3. The van der Waals surface area contributed by atoms with Crippen LogP contribution in [-0.2, 0) is 9.47 Å². The standard InChI is InChI=1S/C8H12F3NO2/c1-2-13-3-4-14-6-7(5-12)8(9,10)11/h7H,2-4,6H2,1H3. The van der Waals surface area contributed by atoms with E-state index in [-0.39, 0.29) is 13.2 Å². The van der Waals surface area contributed by atoms with E-state index in [1.165, 1.54) is 0 Å². The molecular weight excluding hydrogens is 199 g/mol. The zero-order chi connectivity index (χ0) is 11.0. The van der Waals surface area contributed by atoms with Crippen LogP contribution in [0.5, 0.6) is 0 Å². The van der Waals surface area contributed by atoms with Crippen LogP contribution in [0.3, 0.4) is 0 Å². The van der Waals surface area contributed by atoms with Gasteiger partial charge in [0.25, 0.3) is 0 Å². The molecule has 0 heterocycles. The van der Waals surface area contributed by atoms with Crippen molar-refractivity contribution in [3.8, 4) is 6.07 Å². The van der Waals surface area contributed by atoms with E-state index in [9.17, 15) is 13.2 Å². The van der Waals surface area contributed by atoms with Gasteiger partial charge >= 0.3 is 6.18 Å². The Morgan fingerprint density at radius 2 is 1.86 bits per heavy atom. The molecule has 0 spiro atoms. The highest BCUT2D eigenvalue weighted by molar-refractivity contribution is 4.88. The molecule has 0 fully saturated rings. The SMILES string of the molecule is CCOCCOCC(C#N)C(F)(F)F. The van der Waals surface area contributed by atoms with E-state index in [4.69, 9.17) is 10.00 Å². The summed E-state index contributed by atoms with van der Waals surface area (Å²) >= 11 is 0. The molecule has 1 unspecified atom stereocenters. The molecule has 0 saturated heterocycles. The second-order valence-corrected chi connectivity index (χ2v) is 2.50. The third-order valence-electron chi connectivity index (χ3n) is 1.41. The summed E-state index contributed by atoms with van der Waals surface area (Å²) in [5, 5.41) is 8.18. The van der Waals surface area contributed by atoms with Gasteiger partial charge in [0.15, 0.2) is 5.92 Å². The van der Waals surface area contributed by atoms with Gasteiger partial charge in [0.05, 0.1) is 25.9 Å². The molecule has 0 aliphatic heterocycles. The molecule has 0 amide bonds. The van der Waals surface area contributed by atoms with Gasteiger partial charge in [-0.05, 0) is 6.92 Å². The fourth-order valence-corrected chi connectivity index (χ4v) is 0.668. The lowest BCUT2D eigenvalue weighted by Crippen LogP contribution is -2.26. The topological polar surface area (TPSA) is 42.2 Å². The summed E-state index contributed by atoms with van der Waals surface area (Å²) in [4.78, 5) is 0. The molecule has 1 atom stereocenters. The highest BCUT2D eigenvalue weighted by atomic mass is 19.4. The monoisotopic (exact) mass is 211 g/mol. The predicted molar refractivity (Wildman–Crippen MR) is 42.5 cm³/mol. The van der Waals surface area contributed by atoms with Crippen molar-refractivity contribution in [1.82, 2.24) is 0 Å². The van der Waals surface area contributed by atoms with Gasteiger partial charge in [-0.25, -0.2) is 0 Å². The second-order valence-electron chi connectivity index (χ2n) is 2.50. The maximum absolute atomic E-state index is 12.0. The first-order chi connectivity index (χ1) is 6.52. The smallest absolute Gasteiger partial charge is 0.379 e. The molecule has 82 valence electrons. The van der Waals surface area contributed by atoms with Gasteiger partial charge < -0.3 is 9.47 Å². The Labute approximate surface area is 80.4 Å². The van der Waals surface area contributed by atoms with E-state index >= 15 is 0 Å². The maximum atomic E-state index is 12.0. The number of hydrogen-bond donors (Lipinski definition) is 0. The van der Waals surface area contributed by atoms with Gasteiger partial charge in [-0.1, -0.05) is 0 Å². The van der Waals surface area contributed by atoms with E-state index in [0.717, 1.165) is 6.07 Å². The van der Waals surface area contributed by atoms with Gasteiger partial charge in [0, 0.05) is 6.61 Å². The van der Waals surface area contributed by atoms with E-state index in [1.54, 1.807) is 6.92 Å². The quantitative estimate of drug-likeness (QED) is 0.628. The fourth-order valence-electron chi connectivity index (χ4n) is 0.668. The van der Waals surface area contributed by atoms with Crippen molar-refractivity contribution in [1.29, 1.82) is 5.26 Å². The average Bonchev–Trinajstić information content (AvgIpc) is 2.09. The zero-order valence-corrected chi connectivity index (χ0v) is 7.80. The maximum Gasteiger partial charge on any atom is 0.406 e. The normalized spacial score (nSPS) is 13.6. The molecule has 3 nitrogen and oxygen atoms in total. The van der Waals surface area contributed by atoms with Crippen molar-refractivity contribution in [2.45, 2.75) is 13.1 Å². The largest absolute Gasteiger partial charge is 0.406 e. The molecule has 0 rings (SSSR count). The Bertz CT molecular complexity index is 188. The van der Waals surface area contributed by atoms with Crippen LogP contribution in [0, 0.1) is 17.2 Å². The van der Waals surface area contributed by atoms with Gasteiger partial charge in [-0.15, -0.1) is 0 Å². The molecule has 0 aromatic heterocycles. The first-order valence-electron chi connectivity index (χ1n) is 4.14. The van der Waals surface area contributed by atoms with Crippen LogP contribution in [0.4, 0.5) is 13.2 Å². The third kappa shape index (κ3) is 5.78. The number of nitrogens with zero attached hydrogens (tertiary/aromatic N) is 1. The van der Waals surface area contributed by atoms with Crippen LogP contribution >= 0.6 is 0 Å². The van der Waals surface area contributed by atoms with Crippen molar-refractivity contribution >= 4 is 0 Å². The zero-order valence-electron chi connectivity index (χ0n) is 7.80. The summed E-state index contributed by atoms with van der Waals surface area (Å²) in [6.45, 7) is 1.94. The van der Waals surface area contributed by atoms with E-state index in [2.05, 4.69) is 4.74 Å². The predicted octanol–water partition coefficient (Wildman–Crippen LogP) is 1.74. The highest BCUT2D eigenvalue weighted by Gasteiger charge is 2.39.